The van der Waals surface area contributed by atoms with Crippen molar-refractivity contribution in [2.45, 2.75) is 6.54 Å². The molecule has 0 saturated heterocycles. The fraction of sp³-hybridized carbons (Fsp3) is 0.143. The van der Waals surface area contributed by atoms with Crippen molar-refractivity contribution in [3.05, 3.63) is 52.3 Å². The predicted octanol–water partition coefficient (Wildman–Crippen LogP) is 3.93. The van der Waals surface area contributed by atoms with E-state index in [4.69, 9.17) is 9.47 Å². The number of anilines is 1. The first-order chi connectivity index (χ1) is 9.24. The van der Waals surface area contributed by atoms with Crippen molar-refractivity contribution in [2.24, 2.45) is 0 Å². The zero-order valence-corrected chi connectivity index (χ0v) is 11.5. The van der Waals surface area contributed by atoms with Crippen LogP contribution in [0.25, 0.3) is 0 Å². The van der Waals surface area contributed by atoms with E-state index in [0.717, 1.165) is 22.7 Å². The lowest BCUT2D eigenvalue weighted by molar-refractivity contribution is 0.174. The molecule has 5 heteroatoms. The van der Waals surface area contributed by atoms with E-state index >= 15 is 0 Å². The van der Waals surface area contributed by atoms with Crippen molar-refractivity contribution < 1.29 is 13.9 Å². The number of fused-ring (bicyclic) bond motifs is 1. The van der Waals surface area contributed by atoms with Crippen molar-refractivity contribution in [3.63, 3.8) is 0 Å². The highest BCUT2D eigenvalue weighted by Crippen LogP contribution is 2.34. The molecule has 0 spiro atoms. The van der Waals surface area contributed by atoms with E-state index < -0.39 is 0 Å². The standard InChI is InChI=1S/C14H11BrFNO2/c15-14-9(2-1-3-11(14)16)7-17-10-4-5-12-13(6-10)19-8-18-12/h1-6,17H,7-8H2. The maximum atomic E-state index is 13.4. The first kappa shape index (κ1) is 12.3. The highest BCUT2D eigenvalue weighted by atomic mass is 79.9. The second kappa shape index (κ2) is 5.09. The highest BCUT2D eigenvalue weighted by Gasteiger charge is 2.13. The number of ether oxygens (including phenoxy) is 2. The summed E-state index contributed by atoms with van der Waals surface area (Å²) < 4.78 is 24.4. The van der Waals surface area contributed by atoms with Gasteiger partial charge in [0.25, 0.3) is 0 Å². The Balaban J connectivity index is 1.74. The summed E-state index contributed by atoms with van der Waals surface area (Å²) in [7, 11) is 0. The number of nitrogens with one attached hydrogen (secondary N) is 1. The minimum atomic E-state index is -0.259. The van der Waals surface area contributed by atoms with Crippen LogP contribution in [-0.4, -0.2) is 6.79 Å². The molecule has 0 atom stereocenters. The summed E-state index contributed by atoms with van der Waals surface area (Å²) in [6, 6.07) is 10.6. The molecule has 2 aromatic carbocycles. The normalized spacial score (nSPS) is 12.5. The lowest BCUT2D eigenvalue weighted by atomic mass is 10.2. The van der Waals surface area contributed by atoms with Crippen LogP contribution < -0.4 is 14.8 Å². The van der Waals surface area contributed by atoms with Gasteiger partial charge in [-0.3, -0.25) is 0 Å². The average Bonchev–Trinajstić information content (AvgIpc) is 2.88. The monoisotopic (exact) mass is 323 g/mol. The molecule has 0 saturated carbocycles. The number of rotatable bonds is 3. The zero-order chi connectivity index (χ0) is 13.2. The predicted molar refractivity (Wildman–Crippen MR) is 74.0 cm³/mol. The molecule has 0 fully saturated rings. The SMILES string of the molecule is Fc1cccc(CNc2ccc3c(c2)OCO3)c1Br. The lowest BCUT2D eigenvalue weighted by Crippen LogP contribution is -2.01. The van der Waals surface area contributed by atoms with Gasteiger partial charge < -0.3 is 14.8 Å². The van der Waals surface area contributed by atoms with Gasteiger partial charge >= 0.3 is 0 Å². The van der Waals surface area contributed by atoms with Gasteiger partial charge in [-0.15, -0.1) is 0 Å². The number of hydrogen-bond acceptors (Lipinski definition) is 3. The molecule has 1 N–H and O–H groups in total. The van der Waals surface area contributed by atoms with Crippen LogP contribution in [0.1, 0.15) is 5.56 Å². The largest absolute Gasteiger partial charge is 0.454 e. The molecule has 1 aliphatic heterocycles. The Bertz CT molecular complexity index is 618. The fourth-order valence-electron chi connectivity index (χ4n) is 1.89. The Labute approximate surface area is 118 Å². The van der Waals surface area contributed by atoms with Crippen molar-refractivity contribution >= 4 is 21.6 Å². The lowest BCUT2D eigenvalue weighted by Gasteiger charge is -2.09. The van der Waals surface area contributed by atoms with Crippen LogP contribution in [0.2, 0.25) is 0 Å². The minimum Gasteiger partial charge on any atom is -0.454 e. The van der Waals surface area contributed by atoms with Gasteiger partial charge in [0.2, 0.25) is 6.79 Å². The first-order valence-electron chi connectivity index (χ1n) is 5.80. The summed E-state index contributed by atoms with van der Waals surface area (Å²) >= 11 is 3.24. The summed E-state index contributed by atoms with van der Waals surface area (Å²) in [6.45, 7) is 0.784. The molecule has 3 nitrogen and oxygen atoms in total. The number of benzene rings is 2. The topological polar surface area (TPSA) is 30.5 Å². The molecule has 0 aliphatic carbocycles. The molecule has 0 bridgehead atoms. The van der Waals surface area contributed by atoms with Crippen LogP contribution in [0, 0.1) is 5.82 Å². The third-order valence-corrected chi connectivity index (χ3v) is 3.78. The van der Waals surface area contributed by atoms with E-state index in [1.165, 1.54) is 6.07 Å². The van der Waals surface area contributed by atoms with Gasteiger partial charge in [-0.2, -0.15) is 0 Å². The molecule has 19 heavy (non-hydrogen) atoms. The van der Waals surface area contributed by atoms with Crippen molar-refractivity contribution in [1.82, 2.24) is 0 Å². The minimum absolute atomic E-state index is 0.258. The van der Waals surface area contributed by atoms with Gasteiger partial charge in [0.15, 0.2) is 11.5 Å². The fourth-order valence-corrected chi connectivity index (χ4v) is 2.29. The van der Waals surface area contributed by atoms with Gasteiger partial charge in [0, 0.05) is 18.3 Å². The molecular formula is C14H11BrFNO2. The second-order valence-electron chi connectivity index (χ2n) is 4.13. The van der Waals surface area contributed by atoms with Crippen molar-refractivity contribution in [2.75, 3.05) is 12.1 Å². The van der Waals surface area contributed by atoms with Crippen LogP contribution in [0.5, 0.6) is 11.5 Å². The Morgan fingerprint density at radius 1 is 1.16 bits per heavy atom. The molecule has 98 valence electrons. The molecule has 2 aromatic rings. The van der Waals surface area contributed by atoms with Gasteiger partial charge in [-0.05, 0) is 39.7 Å². The third kappa shape index (κ3) is 2.51. The summed E-state index contributed by atoms with van der Waals surface area (Å²) in [4.78, 5) is 0. The van der Waals surface area contributed by atoms with Gasteiger partial charge in [-0.25, -0.2) is 4.39 Å². The van der Waals surface area contributed by atoms with Crippen LogP contribution in [-0.2, 0) is 6.54 Å². The maximum absolute atomic E-state index is 13.4. The summed E-state index contributed by atoms with van der Waals surface area (Å²) in [5.41, 5.74) is 1.76. The van der Waals surface area contributed by atoms with E-state index in [2.05, 4.69) is 21.2 Å². The summed E-state index contributed by atoms with van der Waals surface area (Å²) in [6.07, 6.45) is 0. The van der Waals surface area contributed by atoms with Gasteiger partial charge in [0.05, 0.1) is 4.47 Å². The number of halogens is 2. The maximum Gasteiger partial charge on any atom is 0.231 e. The second-order valence-corrected chi connectivity index (χ2v) is 4.93. The van der Waals surface area contributed by atoms with Crippen molar-refractivity contribution in [3.8, 4) is 11.5 Å². The van der Waals surface area contributed by atoms with E-state index in [-0.39, 0.29) is 12.6 Å². The summed E-state index contributed by atoms with van der Waals surface area (Å²) in [5.74, 6) is 1.21. The molecule has 0 radical (unpaired) electrons. The number of hydrogen-bond donors (Lipinski definition) is 1. The molecule has 3 rings (SSSR count). The molecule has 0 amide bonds. The van der Waals surface area contributed by atoms with E-state index in [1.807, 2.05) is 24.3 Å². The van der Waals surface area contributed by atoms with E-state index in [1.54, 1.807) is 6.07 Å². The first-order valence-corrected chi connectivity index (χ1v) is 6.60. The van der Waals surface area contributed by atoms with Crippen molar-refractivity contribution in [1.29, 1.82) is 0 Å². The molecular weight excluding hydrogens is 313 g/mol. The average molecular weight is 324 g/mol. The Kier molecular flexibility index (Phi) is 3.29. The molecule has 1 heterocycles. The Morgan fingerprint density at radius 3 is 2.89 bits per heavy atom. The van der Waals surface area contributed by atoms with Gasteiger partial charge in [-0.1, -0.05) is 12.1 Å². The smallest absolute Gasteiger partial charge is 0.231 e. The quantitative estimate of drug-likeness (QED) is 0.928. The van der Waals surface area contributed by atoms with Crippen LogP contribution in [0.4, 0.5) is 10.1 Å². The van der Waals surface area contributed by atoms with E-state index in [9.17, 15) is 4.39 Å². The molecule has 0 aromatic heterocycles. The summed E-state index contributed by atoms with van der Waals surface area (Å²) in [5, 5.41) is 3.23. The molecule has 1 aliphatic rings. The third-order valence-electron chi connectivity index (χ3n) is 2.89. The molecule has 0 unspecified atom stereocenters. The van der Waals surface area contributed by atoms with Crippen LogP contribution >= 0.6 is 15.9 Å². The van der Waals surface area contributed by atoms with Crippen LogP contribution in [0.3, 0.4) is 0 Å². The van der Waals surface area contributed by atoms with E-state index in [0.29, 0.717) is 11.0 Å². The zero-order valence-electron chi connectivity index (χ0n) is 9.95. The van der Waals surface area contributed by atoms with Crippen LogP contribution in [0.15, 0.2) is 40.9 Å². The highest BCUT2D eigenvalue weighted by molar-refractivity contribution is 9.10. The Hall–Kier alpha value is -1.75. The Morgan fingerprint density at radius 2 is 2.00 bits per heavy atom. The van der Waals surface area contributed by atoms with Gasteiger partial charge in [0.1, 0.15) is 5.82 Å².